The summed E-state index contributed by atoms with van der Waals surface area (Å²) in [5.41, 5.74) is 3.74. The molecule has 29 heavy (non-hydrogen) atoms. The Morgan fingerprint density at radius 3 is 2.52 bits per heavy atom. The molecule has 0 unspecified atom stereocenters. The lowest BCUT2D eigenvalue weighted by atomic mass is 10.00. The number of aliphatic imine (C=N–C) groups is 1. The molecule has 1 aliphatic heterocycles. The molecule has 1 aliphatic rings. The van der Waals surface area contributed by atoms with Crippen LogP contribution in [0.25, 0.3) is 5.00 Å². The first-order valence-corrected chi connectivity index (χ1v) is 11.9. The van der Waals surface area contributed by atoms with Gasteiger partial charge in [0.15, 0.2) is 5.82 Å². The molecule has 152 valence electrons. The van der Waals surface area contributed by atoms with Crippen LogP contribution in [-0.2, 0) is 14.3 Å². The maximum atomic E-state index is 11.6. The van der Waals surface area contributed by atoms with E-state index >= 15 is 0 Å². The summed E-state index contributed by atoms with van der Waals surface area (Å²) in [6, 6.07) is 6.81. The van der Waals surface area contributed by atoms with Crippen molar-refractivity contribution in [2.75, 3.05) is 12.9 Å². The molecule has 10 heteroatoms. The first-order valence-electron chi connectivity index (χ1n) is 8.86. The number of hydrogen-bond donors (Lipinski definition) is 0. The van der Waals surface area contributed by atoms with E-state index < -0.39 is 16.2 Å². The van der Waals surface area contributed by atoms with Gasteiger partial charge in [0.05, 0.1) is 18.6 Å². The first kappa shape index (κ1) is 20.2. The summed E-state index contributed by atoms with van der Waals surface area (Å²) in [4.78, 5) is 6.08. The van der Waals surface area contributed by atoms with Crippen LogP contribution in [0.1, 0.15) is 39.3 Å². The molecule has 0 N–H and O–H groups in total. The first-order chi connectivity index (χ1) is 13.7. The average Bonchev–Trinajstić information content (AvgIpc) is 3.11. The van der Waals surface area contributed by atoms with E-state index in [1.165, 1.54) is 4.88 Å². The summed E-state index contributed by atoms with van der Waals surface area (Å²) < 4.78 is 30.3. The van der Waals surface area contributed by atoms with Crippen LogP contribution in [0.2, 0.25) is 5.02 Å². The molecule has 0 fully saturated rings. The average molecular weight is 451 g/mol. The van der Waals surface area contributed by atoms with Crippen LogP contribution >= 0.6 is 22.9 Å². The third-order valence-corrected chi connectivity index (χ3v) is 6.81. The van der Waals surface area contributed by atoms with Crippen LogP contribution in [0.15, 0.2) is 29.3 Å². The summed E-state index contributed by atoms with van der Waals surface area (Å²) in [6.45, 7) is 5.84. The van der Waals surface area contributed by atoms with Crippen LogP contribution in [0.4, 0.5) is 0 Å². The van der Waals surface area contributed by atoms with Crippen molar-refractivity contribution in [1.82, 2.24) is 14.8 Å². The van der Waals surface area contributed by atoms with Crippen molar-refractivity contribution < 1.29 is 12.6 Å². The van der Waals surface area contributed by atoms with Gasteiger partial charge in [-0.2, -0.15) is 8.42 Å². The molecule has 1 atom stereocenters. The third kappa shape index (κ3) is 3.75. The highest BCUT2D eigenvalue weighted by Gasteiger charge is 2.32. The Labute approximate surface area is 178 Å². The topological polar surface area (TPSA) is 86.4 Å². The van der Waals surface area contributed by atoms with Crippen molar-refractivity contribution in [2.45, 2.75) is 26.8 Å². The quantitative estimate of drug-likeness (QED) is 0.564. The highest BCUT2D eigenvalue weighted by molar-refractivity contribution is 7.85. The van der Waals surface area contributed by atoms with E-state index in [0.29, 0.717) is 16.7 Å². The van der Waals surface area contributed by atoms with E-state index in [2.05, 4.69) is 24.0 Å². The van der Waals surface area contributed by atoms with Gasteiger partial charge in [0.25, 0.3) is 10.1 Å². The minimum Gasteiger partial charge on any atom is -0.271 e. The minimum absolute atomic E-state index is 0.152. The van der Waals surface area contributed by atoms with Crippen LogP contribution in [0.3, 0.4) is 0 Å². The molecular weight excluding hydrogens is 432 g/mol. The summed E-state index contributed by atoms with van der Waals surface area (Å²) >= 11 is 7.71. The fraction of sp³-hybridized carbons (Fsp3) is 0.316. The van der Waals surface area contributed by atoms with E-state index in [0.717, 1.165) is 33.7 Å². The second-order valence-corrected chi connectivity index (χ2v) is 10.2. The molecular formula is C19H19ClN4O3S2. The Hall–Kier alpha value is -2.07. The highest BCUT2D eigenvalue weighted by atomic mass is 35.5. The second-order valence-electron chi connectivity index (χ2n) is 6.89. The Kier molecular flexibility index (Phi) is 5.10. The Bertz CT molecular complexity index is 1230. The van der Waals surface area contributed by atoms with Gasteiger partial charge in [0.2, 0.25) is 0 Å². The molecule has 3 heterocycles. The van der Waals surface area contributed by atoms with Crippen molar-refractivity contribution in [3.8, 4) is 5.00 Å². The molecule has 3 aromatic rings. The largest absolute Gasteiger partial charge is 0.271 e. The minimum atomic E-state index is -3.63. The van der Waals surface area contributed by atoms with E-state index in [1.807, 2.05) is 35.8 Å². The molecule has 0 bridgehead atoms. The maximum absolute atomic E-state index is 11.6. The van der Waals surface area contributed by atoms with Gasteiger partial charge in [0.1, 0.15) is 16.9 Å². The maximum Gasteiger partial charge on any atom is 0.264 e. The lowest BCUT2D eigenvalue weighted by Crippen LogP contribution is -2.15. The Morgan fingerprint density at radius 2 is 1.86 bits per heavy atom. The second kappa shape index (κ2) is 7.32. The number of aromatic nitrogens is 3. The molecule has 0 spiro atoms. The van der Waals surface area contributed by atoms with Gasteiger partial charge >= 0.3 is 0 Å². The van der Waals surface area contributed by atoms with Crippen LogP contribution < -0.4 is 0 Å². The summed E-state index contributed by atoms with van der Waals surface area (Å²) in [6.07, 6.45) is 1.02. The molecule has 0 amide bonds. The van der Waals surface area contributed by atoms with Crippen molar-refractivity contribution in [3.63, 3.8) is 0 Å². The number of thiophene rings is 1. The number of hydrogen-bond acceptors (Lipinski definition) is 7. The van der Waals surface area contributed by atoms with Crippen molar-refractivity contribution in [1.29, 1.82) is 0 Å². The number of benzene rings is 1. The predicted octanol–water partition coefficient (Wildman–Crippen LogP) is 3.78. The number of nitrogens with zero attached hydrogens (tertiary/aromatic N) is 4. The highest BCUT2D eigenvalue weighted by Crippen LogP contribution is 2.38. The Balaban J connectivity index is 1.97. The fourth-order valence-corrected chi connectivity index (χ4v) is 5.01. The zero-order valence-corrected chi connectivity index (χ0v) is 18.7. The number of rotatable bonds is 4. The third-order valence-electron chi connectivity index (χ3n) is 4.80. The zero-order chi connectivity index (χ0) is 20.9. The molecule has 0 aliphatic carbocycles. The number of halogens is 1. The fourth-order valence-electron chi connectivity index (χ4n) is 3.30. The van der Waals surface area contributed by atoms with Gasteiger partial charge in [-0.3, -0.25) is 13.7 Å². The van der Waals surface area contributed by atoms with Gasteiger partial charge in [-0.25, -0.2) is 0 Å². The molecule has 7 nitrogen and oxygen atoms in total. The number of aryl methyl sites for hydroxylation is 2. The van der Waals surface area contributed by atoms with Crippen LogP contribution in [0, 0.1) is 20.8 Å². The smallest absolute Gasteiger partial charge is 0.264 e. The standard InChI is InChI=1S/C19H19ClN4O3S2/c1-10-11(2)28-19-16(10)17(13-5-7-14(20)8-6-13)21-15(9-27-29(4,25)26)18-23-22-12(3)24(18)19/h5-8,15H,9H2,1-4H3/t15-/m0/s1. The van der Waals surface area contributed by atoms with E-state index in [1.54, 1.807) is 11.3 Å². The molecule has 4 rings (SSSR count). The van der Waals surface area contributed by atoms with E-state index in [-0.39, 0.29) is 6.61 Å². The van der Waals surface area contributed by atoms with Gasteiger partial charge in [0, 0.05) is 21.0 Å². The van der Waals surface area contributed by atoms with Crippen molar-refractivity contribution in [2.24, 2.45) is 4.99 Å². The Morgan fingerprint density at radius 1 is 1.17 bits per heavy atom. The van der Waals surface area contributed by atoms with Crippen LogP contribution in [0.5, 0.6) is 0 Å². The predicted molar refractivity (Wildman–Crippen MR) is 114 cm³/mol. The normalized spacial score (nSPS) is 16.2. The molecule has 1 aromatic carbocycles. The summed E-state index contributed by atoms with van der Waals surface area (Å²) in [5, 5.41) is 10.1. The summed E-state index contributed by atoms with van der Waals surface area (Å²) in [5.74, 6) is 1.26. The van der Waals surface area contributed by atoms with Crippen molar-refractivity contribution >= 4 is 38.8 Å². The number of fused-ring (bicyclic) bond motifs is 3. The van der Waals surface area contributed by atoms with Crippen molar-refractivity contribution in [3.05, 3.63) is 62.5 Å². The SMILES string of the molecule is Cc1sc2c(c1C)C(c1ccc(Cl)cc1)=N[C@@H](COS(C)(=O)=O)c1nnc(C)n1-2. The molecule has 2 aromatic heterocycles. The molecule has 0 saturated heterocycles. The molecule has 0 radical (unpaired) electrons. The van der Waals surface area contributed by atoms with Gasteiger partial charge in [-0.15, -0.1) is 21.5 Å². The molecule has 0 saturated carbocycles. The van der Waals surface area contributed by atoms with E-state index in [4.69, 9.17) is 20.8 Å². The monoisotopic (exact) mass is 450 g/mol. The van der Waals surface area contributed by atoms with Gasteiger partial charge in [-0.1, -0.05) is 23.7 Å². The lowest BCUT2D eigenvalue weighted by molar-refractivity contribution is 0.292. The van der Waals surface area contributed by atoms with Gasteiger partial charge < -0.3 is 0 Å². The van der Waals surface area contributed by atoms with E-state index in [9.17, 15) is 8.42 Å². The van der Waals surface area contributed by atoms with Gasteiger partial charge in [-0.05, 0) is 38.5 Å². The lowest BCUT2D eigenvalue weighted by Gasteiger charge is -2.12. The van der Waals surface area contributed by atoms with Crippen LogP contribution in [-0.4, -0.2) is 41.8 Å². The zero-order valence-electron chi connectivity index (χ0n) is 16.3. The summed E-state index contributed by atoms with van der Waals surface area (Å²) in [7, 11) is -3.63.